The quantitative estimate of drug-likeness (QED) is 0.141. The molecule has 0 heterocycles. The number of hydrogen-bond acceptors (Lipinski definition) is 8. The van der Waals surface area contributed by atoms with E-state index in [0.717, 1.165) is 12.8 Å². The average Bonchev–Trinajstić information content (AvgIpc) is 2.59. The molecule has 0 saturated carbocycles. The zero-order valence-electron chi connectivity index (χ0n) is 19.5. The first-order valence-electron chi connectivity index (χ1n) is 9.95. The largest absolute Gasteiger partial charge is 0.469 e. The summed E-state index contributed by atoms with van der Waals surface area (Å²) in [6, 6.07) is 0. The van der Waals surface area contributed by atoms with Crippen molar-refractivity contribution in [2.45, 2.75) is 67.2 Å². The molecule has 0 rings (SSSR count). The molecular weight excluding hydrogens is 394 g/mol. The van der Waals surface area contributed by atoms with Gasteiger partial charge in [0.2, 0.25) is 0 Å². The molecule has 0 aliphatic heterocycles. The van der Waals surface area contributed by atoms with E-state index in [-0.39, 0.29) is 18.8 Å². The fourth-order valence-corrected chi connectivity index (χ4v) is 3.81. The predicted molar refractivity (Wildman–Crippen MR) is 115 cm³/mol. The summed E-state index contributed by atoms with van der Waals surface area (Å²) in [5.41, 5.74) is -2.89. The van der Waals surface area contributed by atoms with Gasteiger partial charge in [-0.25, -0.2) is 0 Å². The van der Waals surface area contributed by atoms with E-state index in [0.29, 0.717) is 6.61 Å². The molecular formula is C21H39NO6S. The fraction of sp³-hybridized carbons (Fsp3) is 0.857. The van der Waals surface area contributed by atoms with Crippen LogP contribution in [0.15, 0.2) is 0 Å². The Kier molecular flexibility index (Phi) is 11.3. The van der Waals surface area contributed by atoms with Crippen LogP contribution in [0.2, 0.25) is 0 Å². The summed E-state index contributed by atoms with van der Waals surface area (Å²) in [5, 5.41) is 0. The van der Waals surface area contributed by atoms with E-state index in [1.165, 1.54) is 19.1 Å². The summed E-state index contributed by atoms with van der Waals surface area (Å²) in [7, 11) is 5.05. The SMILES string of the molecule is CCCCOC(=O)C(C)(CC(C)(C)C(=O)OC)CC(C)(C)C(=O)OCSN(C)C. The van der Waals surface area contributed by atoms with E-state index in [9.17, 15) is 14.4 Å². The third-order valence-corrected chi connectivity index (χ3v) is 5.42. The molecule has 0 fully saturated rings. The van der Waals surface area contributed by atoms with Crippen molar-refractivity contribution in [3.63, 3.8) is 0 Å². The summed E-state index contributed by atoms with van der Waals surface area (Å²) >= 11 is 1.37. The molecule has 0 radical (unpaired) electrons. The van der Waals surface area contributed by atoms with Gasteiger partial charge < -0.3 is 14.2 Å². The molecule has 8 heteroatoms. The molecule has 0 spiro atoms. The van der Waals surface area contributed by atoms with Crippen LogP contribution in [-0.4, -0.2) is 56.0 Å². The lowest BCUT2D eigenvalue weighted by Crippen LogP contribution is -2.43. The van der Waals surface area contributed by atoms with Crippen LogP contribution in [-0.2, 0) is 28.6 Å². The molecule has 1 atom stereocenters. The number of ether oxygens (including phenoxy) is 3. The zero-order chi connectivity index (χ0) is 22.9. The van der Waals surface area contributed by atoms with Gasteiger partial charge in [0.25, 0.3) is 0 Å². The van der Waals surface area contributed by atoms with Gasteiger partial charge in [0.05, 0.1) is 30.0 Å². The van der Waals surface area contributed by atoms with Gasteiger partial charge in [0.15, 0.2) is 5.94 Å². The second-order valence-electron chi connectivity index (χ2n) is 9.15. The Labute approximate surface area is 180 Å². The van der Waals surface area contributed by atoms with Gasteiger partial charge in [0, 0.05) is 0 Å². The lowest BCUT2D eigenvalue weighted by Gasteiger charge is -2.38. The molecule has 7 nitrogen and oxygen atoms in total. The Balaban J connectivity index is 5.53. The van der Waals surface area contributed by atoms with Gasteiger partial charge in [-0.1, -0.05) is 13.3 Å². The summed E-state index contributed by atoms with van der Waals surface area (Å²) in [6.45, 7) is 11.0. The second kappa shape index (κ2) is 11.8. The lowest BCUT2D eigenvalue weighted by molar-refractivity contribution is -0.166. The van der Waals surface area contributed by atoms with E-state index < -0.39 is 34.2 Å². The minimum atomic E-state index is -1.05. The Bertz CT molecular complexity index is 561. The van der Waals surface area contributed by atoms with Crippen molar-refractivity contribution in [2.24, 2.45) is 16.2 Å². The normalized spacial score (nSPS) is 14.3. The molecule has 0 amide bonds. The van der Waals surface area contributed by atoms with Gasteiger partial charge in [-0.05, 0) is 79.9 Å². The molecule has 1 unspecified atom stereocenters. The number of rotatable bonds is 13. The van der Waals surface area contributed by atoms with Crippen LogP contribution in [0.5, 0.6) is 0 Å². The Morgan fingerprint density at radius 1 is 0.862 bits per heavy atom. The van der Waals surface area contributed by atoms with Crippen molar-refractivity contribution in [2.75, 3.05) is 33.8 Å². The van der Waals surface area contributed by atoms with Crippen LogP contribution in [0.1, 0.15) is 67.2 Å². The van der Waals surface area contributed by atoms with Crippen LogP contribution in [0.3, 0.4) is 0 Å². The lowest BCUT2D eigenvalue weighted by atomic mass is 9.66. The maximum Gasteiger partial charge on any atom is 0.312 e. The Hall–Kier alpha value is -1.28. The molecule has 0 aromatic heterocycles. The summed E-state index contributed by atoms with van der Waals surface area (Å²) in [6.07, 6.45) is 2.05. The van der Waals surface area contributed by atoms with Crippen molar-refractivity contribution in [1.29, 1.82) is 0 Å². The third-order valence-electron chi connectivity index (χ3n) is 4.68. The topological polar surface area (TPSA) is 82.1 Å². The van der Waals surface area contributed by atoms with Crippen molar-refractivity contribution >= 4 is 29.9 Å². The van der Waals surface area contributed by atoms with Crippen molar-refractivity contribution < 1.29 is 28.6 Å². The molecule has 29 heavy (non-hydrogen) atoms. The maximum absolute atomic E-state index is 13.0. The number of carbonyl (C=O) groups is 3. The number of nitrogens with zero attached hydrogens (tertiary/aromatic N) is 1. The van der Waals surface area contributed by atoms with Crippen LogP contribution in [0, 0.1) is 16.2 Å². The van der Waals surface area contributed by atoms with E-state index >= 15 is 0 Å². The minimum absolute atomic E-state index is 0.191. The molecule has 0 aromatic rings. The molecule has 0 aromatic carbocycles. The highest BCUT2D eigenvalue weighted by Gasteiger charge is 2.48. The highest BCUT2D eigenvalue weighted by Crippen LogP contribution is 2.44. The van der Waals surface area contributed by atoms with Gasteiger partial charge in [-0.3, -0.25) is 18.7 Å². The molecule has 0 bridgehead atoms. The van der Waals surface area contributed by atoms with Gasteiger partial charge in [0.1, 0.15) is 0 Å². The average molecular weight is 434 g/mol. The molecule has 0 saturated heterocycles. The van der Waals surface area contributed by atoms with E-state index in [1.54, 1.807) is 34.6 Å². The first-order chi connectivity index (χ1) is 13.2. The zero-order valence-corrected chi connectivity index (χ0v) is 20.4. The molecule has 0 aliphatic carbocycles. The van der Waals surface area contributed by atoms with Crippen LogP contribution < -0.4 is 0 Å². The van der Waals surface area contributed by atoms with Crippen LogP contribution in [0.25, 0.3) is 0 Å². The van der Waals surface area contributed by atoms with E-state index in [1.807, 2.05) is 25.3 Å². The van der Waals surface area contributed by atoms with Crippen molar-refractivity contribution in [3.05, 3.63) is 0 Å². The molecule has 0 N–H and O–H groups in total. The summed E-state index contributed by atoms with van der Waals surface area (Å²) < 4.78 is 17.6. The Morgan fingerprint density at radius 2 is 1.38 bits per heavy atom. The van der Waals surface area contributed by atoms with Crippen LogP contribution >= 0.6 is 11.9 Å². The molecule has 170 valence electrons. The van der Waals surface area contributed by atoms with Crippen molar-refractivity contribution in [3.8, 4) is 0 Å². The highest BCUT2D eigenvalue weighted by atomic mass is 32.2. The van der Waals surface area contributed by atoms with E-state index in [2.05, 4.69) is 0 Å². The smallest absolute Gasteiger partial charge is 0.312 e. The van der Waals surface area contributed by atoms with Gasteiger partial charge in [-0.2, -0.15) is 0 Å². The maximum atomic E-state index is 13.0. The van der Waals surface area contributed by atoms with Crippen LogP contribution in [0.4, 0.5) is 0 Å². The highest BCUT2D eigenvalue weighted by molar-refractivity contribution is 7.96. The monoisotopic (exact) mass is 433 g/mol. The first kappa shape index (κ1) is 27.7. The summed E-state index contributed by atoms with van der Waals surface area (Å²) in [4.78, 5) is 37.9. The third kappa shape index (κ3) is 9.38. The number of methoxy groups -OCH3 is 1. The summed E-state index contributed by atoms with van der Waals surface area (Å²) in [5.74, 6) is -1.02. The second-order valence-corrected chi connectivity index (χ2v) is 10.4. The number of esters is 3. The number of carbonyl (C=O) groups excluding carboxylic acids is 3. The fourth-order valence-electron chi connectivity index (χ4n) is 3.44. The van der Waals surface area contributed by atoms with Gasteiger partial charge >= 0.3 is 17.9 Å². The van der Waals surface area contributed by atoms with Gasteiger partial charge in [-0.15, -0.1) is 0 Å². The predicted octanol–water partition coefficient (Wildman–Crippen LogP) is 4.05. The number of hydrogen-bond donors (Lipinski definition) is 0. The standard InChI is InChI=1S/C21H39NO6S/c1-10-11-12-27-18(25)21(6,13-19(2,3)16(23)26-9)14-20(4,5)17(24)28-15-29-22(7)8/h10-15H2,1-9H3. The van der Waals surface area contributed by atoms with Crippen molar-refractivity contribution in [1.82, 2.24) is 4.31 Å². The van der Waals surface area contributed by atoms with E-state index in [4.69, 9.17) is 14.2 Å². The Morgan fingerprint density at radius 3 is 1.83 bits per heavy atom. The number of unbranched alkanes of at least 4 members (excludes halogenated alkanes) is 1. The molecule has 0 aliphatic rings. The first-order valence-corrected chi connectivity index (χ1v) is 10.9. The minimum Gasteiger partial charge on any atom is -0.469 e.